The topological polar surface area (TPSA) is 17.1 Å². The van der Waals surface area contributed by atoms with E-state index in [1.54, 1.807) is 23.1 Å². The molecular weight excluding hydrogens is 327 g/mol. The largest absolute Gasteiger partial charge is 0.298 e. The molecule has 0 saturated carbocycles. The molecule has 0 aliphatic rings. The van der Waals surface area contributed by atoms with Crippen LogP contribution in [0.15, 0.2) is 22.4 Å². The number of carbonyl (C=O) groups is 1. The SMILES string of the molecule is CSc1cc(I)c(C=O)c2ccsc12. The number of thiophene rings is 1. The summed E-state index contributed by atoms with van der Waals surface area (Å²) >= 11 is 5.63. The number of halogens is 1. The molecule has 0 spiro atoms. The zero-order chi connectivity index (χ0) is 10.1. The maximum absolute atomic E-state index is 10.9. The molecule has 0 bridgehead atoms. The van der Waals surface area contributed by atoms with Crippen molar-refractivity contribution in [3.8, 4) is 0 Å². The first-order valence-corrected chi connectivity index (χ1v) is 7.15. The van der Waals surface area contributed by atoms with E-state index in [4.69, 9.17) is 0 Å². The number of hydrogen-bond acceptors (Lipinski definition) is 3. The van der Waals surface area contributed by atoms with Gasteiger partial charge in [-0.3, -0.25) is 4.79 Å². The quantitative estimate of drug-likeness (QED) is 0.468. The number of aldehydes is 1. The molecule has 0 saturated heterocycles. The van der Waals surface area contributed by atoms with E-state index in [0.29, 0.717) is 0 Å². The average molecular weight is 334 g/mol. The van der Waals surface area contributed by atoms with Crippen LogP contribution in [0.3, 0.4) is 0 Å². The van der Waals surface area contributed by atoms with Gasteiger partial charge >= 0.3 is 0 Å². The van der Waals surface area contributed by atoms with Gasteiger partial charge in [0.1, 0.15) is 0 Å². The summed E-state index contributed by atoms with van der Waals surface area (Å²) in [4.78, 5) is 12.2. The van der Waals surface area contributed by atoms with Gasteiger partial charge in [-0.25, -0.2) is 0 Å². The fraction of sp³-hybridized carbons (Fsp3) is 0.100. The Hall–Kier alpha value is -0.0700. The Morgan fingerprint density at radius 2 is 2.36 bits per heavy atom. The Morgan fingerprint density at radius 1 is 1.57 bits per heavy atom. The summed E-state index contributed by atoms with van der Waals surface area (Å²) in [6.45, 7) is 0. The van der Waals surface area contributed by atoms with Crippen molar-refractivity contribution in [3.63, 3.8) is 0 Å². The molecule has 72 valence electrons. The summed E-state index contributed by atoms with van der Waals surface area (Å²) in [6, 6.07) is 4.10. The van der Waals surface area contributed by atoms with Crippen molar-refractivity contribution in [1.29, 1.82) is 0 Å². The van der Waals surface area contributed by atoms with Crippen LogP contribution in [-0.4, -0.2) is 12.5 Å². The minimum atomic E-state index is 0.819. The van der Waals surface area contributed by atoms with Crippen molar-refractivity contribution in [3.05, 3.63) is 26.6 Å². The van der Waals surface area contributed by atoms with Crippen molar-refractivity contribution < 1.29 is 4.79 Å². The molecule has 2 rings (SSSR count). The molecule has 0 fully saturated rings. The molecule has 0 radical (unpaired) electrons. The van der Waals surface area contributed by atoms with Gasteiger partial charge in [0.15, 0.2) is 6.29 Å². The molecule has 14 heavy (non-hydrogen) atoms. The maximum Gasteiger partial charge on any atom is 0.151 e. The monoisotopic (exact) mass is 334 g/mol. The molecule has 1 aromatic heterocycles. The predicted octanol–water partition coefficient (Wildman–Crippen LogP) is 4.04. The molecular formula is C10H7IOS2. The number of thioether (sulfide) groups is 1. The van der Waals surface area contributed by atoms with Gasteiger partial charge < -0.3 is 0 Å². The minimum absolute atomic E-state index is 0.819. The van der Waals surface area contributed by atoms with E-state index in [-0.39, 0.29) is 0 Å². The standard InChI is InChI=1S/C10H7IOS2/c1-13-9-4-8(11)7(5-12)6-2-3-14-10(6)9/h2-5H,1H3. The summed E-state index contributed by atoms with van der Waals surface area (Å²) in [5.74, 6) is 0. The van der Waals surface area contributed by atoms with Gasteiger partial charge in [0.25, 0.3) is 0 Å². The third kappa shape index (κ3) is 1.59. The molecule has 0 aliphatic heterocycles. The first-order chi connectivity index (χ1) is 6.77. The second kappa shape index (κ2) is 4.20. The number of hydrogen-bond donors (Lipinski definition) is 0. The van der Waals surface area contributed by atoms with Crippen LogP contribution in [0.4, 0.5) is 0 Å². The summed E-state index contributed by atoms with van der Waals surface area (Å²) in [7, 11) is 0. The van der Waals surface area contributed by atoms with Gasteiger partial charge in [-0.2, -0.15) is 0 Å². The van der Waals surface area contributed by atoms with Gasteiger partial charge in [-0.05, 0) is 46.4 Å². The highest BCUT2D eigenvalue weighted by Crippen LogP contribution is 2.35. The van der Waals surface area contributed by atoms with E-state index in [2.05, 4.69) is 34.9 Å². The Bertz CT molecular complexity index is 490. The van der Waals surface area contributed by atoms with Crippen LogP contribution in [0.5, 0.6) is 0 Å². The first-order valence-electron chi connectivity index (χ1n) is 3.96. The lowest BCUT2D eigenvalue weighted by Crippen LogP contribution is -1.87. The fourth-order valence-electron chi connectivity index (χ4n) is 1.37. The Labute approximate surface area is 104 Å². The van der Waals surface area contributed by atoms with Gasteiger partial charge in [-0.15, -0.1) is 23.1 Å². The number of rotatable bonds is 2. The number of fused-ring (bicyclic) bond motifs is 1. The van der Waals surface area contributed by atoms with E-state index in [1.165, 1.54) is 9.60 Å². The van der Waals surface area contributed by atoms with Crippen molar-refractivity contribution in [1.82, 2.24) is 0 Å². The molecule has 0 atom stereocenters. The van der Waals surface area contributed by atoms with Crippen LogP contribution < -0.4 is 0 Å². The van der Waals surface area contributed by atoms with E-state index in [1.807, 2.05) is 11.4 Å². The lowest BCUT2D eigenvalue weighted by Gasteiger charge is -2.03. The number of carbonyl (C=O) groups excluding carboxylic acids is 1. The van der Waals surface area contributed by atoms with E-state index in [0.717, 1.165) is 20.8 Å². The van der Waals surface area contributed by atoms with Crippen LogP contribution >= 0.6 is 45.7 Å². The highest BCUT2D eigenvalue weighted by atomic mass is 127. The van der Waals surface area contributed by atoms with Gasteiger partial charge in [-0.1, -0.05) is 0 Å². The summed E-state index contributed by atoms with van der Waals surface area (Å²) in [5, 5.41) is 3.12. The molecule has 0 aliphatic carbocycles. The van der Waals surface area contributed by atoms with Crippen molar-refractivity contribution in [2.24, 2.45) is 0 Å². The molecule has 0 N–H and O–H groups in total. The summed E-state index contributed by atoms with van der Waals surface area (Å²) < 4.78 is 2.26. The van der Waals surface area contributed by atoms with Crippen LogP contribution in [0.1, 0.15) is 10.4 Å². The third-order valence-corrected chi connectivity index (χ3v) is 4.76. The highest BCUT2D eigenvalue weighted by molar-refractivity contribution is 14.1. The van der Waals surface area contributed by atoms with E-state index in [9.17, 15) is 4.79 Å². The van der Waals surface area contributed by atoms with Crippen LogP contribution in [-0.2, 0) is 0 Å². The smallest absolute Gasteiger partial charge is 0.151 e. The second-order valence-electron chi connectivity index (χ2n) is 2.76. The Kier molecular flexibility index (Phi) is 3.14. The lowest BCUT2D eigenvalue weighted by molar-refractivity contribution is 0.112. The first kappa shape index (κ1) is 10.4. The minimum Gasteiger partial charge on any atom is -0.298 e. The van der Waals surface area contributed by atoms with Gasteiger partial charge in [0, 0.05) is 24.1 Å². The molecule has 1 heterocycles. The average Bonchev–Trinajstić information content (AvgIpc) is 2.65. The van der Waals surface area contributed by atoms with Crippen molar-refractivity contribution in [2.75, 3.05) is 6.26 Å². The third-order valence-electron chi connectivity index (χ3n) is 2.03. The van der Waals surface area contributed by atoms with Crippen LogP contribution in [0, 0.1) is 3.57 Å². The maximum atomic E-state index is 10.9. The number of benzene rings is 1. The molecule has 2 aromatic rings. The zero-order valence-electron chi connectivity index (χ0n) is 7.41. The van der Waals surface area contributed by atoms with Gasteiger partial charge in [0.2, 0.25) is 0 Å². The van der Waals surface area contributed by atoms with Crippen LogP contribution in [0.2, 0.25) is 0 Å². The lowest BCUT2D eigenvalue weighted by atomic mass is 10.1. The van der Waals surface area contributed by atoms with Crippen molar-refractivity contribution >= 4 is 62.1 Å². The van der Waals surface area contributed by atoms with Crippen molar-refractivity contribution in [2.45, 2.75) is 4.90 Å². The van der Waals surface area contributed by atoms with Crippen LogP contribution in [0.25, 0.3) is 10.1 Å². The summed E-state index contributed by atoms with van der Waals surface area (Å²) in [5.41, 5.74) is 0.819. The molecule has 1 nitrogen and oxygen atoms in total. The normalized spacial score (nSPS) is 10.7. The summed E-state index contributed by atoms with van der Waals surface area (Å²) in [6.07, 6.45) is 3.01. The van der Waals surface area contributed by atoms with E-state index >= 15 is 0 Å². The Morgan fingerprint density at radius 3 is 3.00 bits per heavy atom. The second-order valence-corrected chi connectivity index (χ2v) is 5.68. The predicted molar refractivity (Wildman–Crippen MR) is 71.7 cm³/mol. The molecule has 0 unspecified atom stereocenters. The Balaban J connectivity index is 2.88. The molecule has 0 amide bonds. The molecule has 4 heteroatoms. The van der Waals surface area contributed by atoms with E-state index < -0.39 is 0 Å². The van der Waals surface area contributed by atoms with Gasteiger partial charge in [0.05, 0.1) is 0 Å². The fourth-order valence-corrected chi connectivity index (χ4v) is 4.06. The zero-order valence-corrected chi connectivity index (χ0v) is 11.2. The highest BCUT2D eigenvalue weighted by Gasteiger charge is 2.10. The molecule has 1 aromatic carbocycles.